The van der Waals surface area contributed by atoms with Gasteiger partial charge in [0.05, 0.1) is 0 Å². The van der Waals surface area contributed by atoms with E-state index in [0.29, 0.717) is 11.3 Å². The Bertz CT molecular complexity index is 805. The molecule has 6 heteroatoms. The van der Waals surface area contributed by atoms with E-state index in [9.17, 15) is 10.2 Å². The maximum atomic E-state index is 10.5. The smallest absolute Gasteiger partial charge is 0.149 e. The molecule has 2 aromatic rings. The van der Waals surface area contributed by atoms with Gasteiger partial charge in [0.25, 0.3) is 0 Å². The van der Waals surface area contributed by atoms with Gasteiger partial charge in [-0.15, -0.1) is 12.4 Å². The molecule has 3 N–H and O–H groups in total. The molecule has 1 saturated heterocycles. The normalized spacial score (nSPS) is 15.9. The number of nitrogens with zero attached hydrogens (tertiary/aromatic N) is 1. The standard InChI is InChI=1S/C22H30N2O3.ClH/c1-14(2)18-13-20(26)15(3)22(21(18)17-7-5-6-8-19(17)25)27-16(4)24-11-9-23-10-12-24;/h5-8,13-14,16,23,25-26H,9-12H2,1-4H3;1H. The molecule has 0 bridgehead atoms. The van der Waals surface area contributed by atoms with Crippen LogP contribution in [0.4, 0.5) is 0 Å². The summed E-state index contributed by atoms with van der Waals surface area (Å²) >= 11 is 0. The summed E-state index contributed by atoms with van der Waals surface area (Å²) in [4.78, 5) is 2.28. The largest absolute Gasteiger partial charge is 0.508 e. The molecule has 1 fully saturated rings. The minimum Gasteiger partial charge on any atom is -0.508 e. The fraction of sp³-hybridized carbons (Fsp3) is 0.455. The first kappa shape index (κ1) is 22.3. The van der Waals surface area contributed by atoms with Gasteiger partial charge in [-0.2, -0.15) is 0 Å². The Hall–Kier alpha value is -1.95. The maximum Gasteiger partial charge on any atom is 0.149 e. The van der Waals surface area contributed by atoms with Gasteiger partial charge in [-0.05, 0) is 37.5 Å². The highest BCUT2D eigenvalue weighted by atomic mass is 35.5. The van der Waals surface area contributed by atoms with Crippen LogP contribution in [0.3, 0.4) is 0 Å². The molecule has 2 aromatic carbocycles. The van der Waals surface area contributed by atoms with Crippen LogP contribution in [0.15, 0.2) is 30.3 Å². The quantitative estimate of drug-likeness (QED) is 0.692. The van der Waals surface area contributed by atoms with Crippen molar-refractivity contribution in [2.75, 3.05) is 26.2 Å². The van der Waals surface area contributed by atoms with E-state index in [-0.39, 0.29) is 36.1 Å². The predicted octanol–water partition coefficient (Wildman–Crippen LogP) is 4.25. The van der Waals surface area contributed by atoms with E-state index in [1.165, 1.54) is 0 Å². The van der Waals surface area contributed by atoms with Crippen LogP contribution in [0.25, 0.3) is 11.1 Å². The molecule has 0 aliphatic carbocycles. The lowest BCUT2D eigenvalue weighted by Gasteiger charge is -2.34. The van der Waals surface area contributed by atoms with Crippen molar-refractivity contribution >= 4 is 12.4 Å². The van der Waals surface area contributed by atoms with Crippen molar-refractivity contribution in [2.24, 2.45) is 0 Å². The third kappa shape index (κ3) is 4.54. The molecule has 1 unspecified atom stereocenters. The van der Waals surface area contributed by atoms with Crippen LogP contribution < -0.4 is 10.1 Å². The molecule has 0 saturated carbocycles. The lowest BCUT2D eigenvalue weighted by atomic mass is 9.89. The van der Waals surface area contributed by atoms with Gasteiger partial charge in [-0.3, -0.25) is 4.90 Å². The van der Waals surface area contributed by atoms with E-state index < -0.39 is 0 Å². The van der Waals surface area contributed by atoms with E-state index in [1.807, 2.05) is 32.0 Å². The molecule has 154 valence electrons. The average molecular weight is 407 g/mol. The van der Waals surface area contributed by atoms with Gasteiger partial charge in [0.15, 0.2) is 0 Å². The summed E-state index contributed by atoms with van der Waals surface area (Å²) < 4.78 is 6.42. The first-order valence-electron chi connectivity index (χ1n) is 9.66. The second-order valence-electron chi connectivity index (χ2n) is 7.49. The highest BCUT2D eigenvalue weighted by Crippen LogP contribution is 2.46. The molecule has 3 rings (SSSR count). The fourth-order valence-corrected chi connectivity index (χ4v) is 3.62. The first-order valence-corrected chi connectivity index (χ1v) is 9.66. The van der Waals surface area contributed by atoms with Gasteiger partial charge in [0.1, 0.15) is 23.5 Å². The van der Waals surface area contributed by atoms with Gasteiger partial charge in [-0.25, -0.2) is 0 Å². The Morgan fingerprint density at radius 3 is 2.29 bits per heavy atom. The topological polar surface area (TPSA) is 65.0 Å². The van der Waals surface area contributed by atoms with Crippen molar-refractivity contribution in [1.29, 1.82) is 0 Å². The number of piperazine rings is 1. The van der Waals surface area contributed by atoms with Gasteiger partial charge in [-0.1, -0.05) is 32.0 Å². The number of phenols is 2. The van der Waals surface area contributed by atoms with Crippen LogP contribution in [-0.2, 0) is 0 Å². The first-order chi connectivity index (χ1) is 12.9. The van der Waals surface area contributed by atoms with E-state index >= 15 is 0 Å². The number of benzene rings is 2. The molecule has 0 spiro atoms. The zero-order chi connectivity index (χ0) is 19.6. The Balaban J connectivity index is 0.00000280. The molecule has 1 heterocycles. The van der Waals surface area contributed by atoms with Gasteiger partial charge < -0.3 is 20.3 Å². The summed E-state index contributed by atoms with van der Waals surface area (Å²) in [6.07, 6.45) is -0.128. The van der Waals surface area contributed by atoms with E-state index in [0.717, 1.165) is 42.9 Å². The van der Waals surface area contributed by atoms with Crippen LogP contribution in [0.1, 0.15) is 37.8 Å². The van der Waals surface area contributed by atoms with Gasteiger partial charge in [0, 0.05) is 42.9 Å². The highest BCUT2D eigenvalue weighted by Gasteiger charge is 2.25. The van der Waals surface area contributed by atoms with Crippen LogP contribution in [0, 0.1) is 6.92 Å². The number of ether oxygens (including phenoxy) is 1. The van der Waals surface area contributed by atoms with Crippen molar-refractivity contribution in [3.63, 3.8) is 0 Å². The predicted molar refractivity (Wildman–Crippen MR) is 116 cm³/mol. The highest BCUT2D eigenvalue weighted by molar-refractivity contribution is 5.85. The summed E-state index contributed by atoms with van der Waals surface area (Å²) in [5.41, 5.74) is 3.24. The SMILES string of the molecule is Cc1c(O)cc(C(C)C)c(-c2ccccc2O)c1OC(C)N1CCNCC1.Cl. The second-order valence-corrected chi connectivity index (χ2v) is 7.49. The summed E-state index contributed by atoms with van der Waals surface area (Å²) in [5, 5.41) is 24.4. The third-order valence-electron chi connectivity index (χ3n) is 5.28. The molecule has 1 atom stereocenters. The van der Waals surface area contributed by atoms with Gasteiger partial charge in [0.2, 0.25) is 0 Å². The average Bonchev–Trinajstić information content (AvgIpc) is 2.66. The number of hydrogen-bond acceptors (Lipinski definition) is 5. The van der Waals surface area contributed by atoms with Crippen LogP contribution >= 0.6 is 12.4 Å². The summed E-state index contributed by atoms with van der Waals surface area (Å²) in [7, 11) is 0. The molecular formula is C22H31ClN2O3. The Morgan fingerprint density at radius 1 is 1.04 bits per heavy atom. The molecule has 1 aliphatic rings. The molecule has 0 amide bonds. The van der Waals surface area contributed by atoms with Crippen molar-refractivity contribution < 1.29 is 14.9 Å². The second kappa shape index (κ2) is 9.50. The molecular weight excluding hydrogens is 376 g/mol. The summed E-state index contributed by atoms with van der Waals surface area (Å²) in [6.45, 7) is 11.8. The van der Waals surface area contributed by atoms with Crippen molar-refractivity contribution in [3.05, 3.63) is 41.5 Å². The number of halogens is 1. The maximum absolute atomic E-state index is 10.5. The Kier molecular flexibility index (Phi) is 7.58. The number of nitrogens with one attached hydrogen (secondary N) is 1. The summed E-state index contributed by atoms with van der Waals surface area (Å²) in [6, 6.07) is 9.10. The Morgan fingerprint density at radius 2 is 1.68 bits per heavy atom. The third-order valence-corrected chi connectivity index (χ3v) is 5.28. The molecule has 0 aromatic heterocycles. The minimum atomic E-state index is -0.128. The van der Waals surface area contributed by atoms with Crippen molar-refractivity contribution in [2.45, 2.75) is 39.8 Å². The Labute approximate surface area is 173 Å². The van der Waals surface area contributed by atoms with E-state index in [2.05, 4.69) is 24.1 Å². The van der Waals surface area contributed by atoms with E-state index in [4.69, 9.17) is 4.74 Å². The lowest BCUT2D eigenvalue weighted by molar-refractivity contribution is 0.0309. The zero-order valence-electron chi connectivity index (χ0n) is 17.0. The van der Waals surface area contributed by atoms with E-state index in [1.54, 1.807) is 12.1 Å². The molecule has 28 heavy (non-hydrogen) atoms. The monoisotopic (exact) mass is 406 g/mol. The minimum absolute atomic E-state index is 0. The van der Waals surface area contributed by atoms with Crippen molar-refractivity contribution in [3.8, 4) is 28.4 Å². The molecule has 1 aliphatic heterocycles. The van der Waals surface area contributed by atoms with Gasteiger partial charge >= 0.3 is 0 Å². The van der Waals surface area contributed by atoms with Crippen LogP contribution in [0.2, 0.25) is 0 Å². The number of phenolic OH excluding ortho intramolecular Hbond substituents is 2. The number of para-hydroxylation sites is 1. The van der Waals surface area contributed by atoms with Crippen LogP contribution in [-0.4, -0.2) is 47.5 Å². The summed E-state index contributed by atoms with van der Waals surface area (Å²) in [5.74, 6) is 1.25. The molecule has 5 nitrogen and oxygen atoms in total. The fourth-order valence-electron chi connectivity index (χ4n) is 3.62. The van der Waals surface area contributed by atoms with Crippen molar-refractivity contribution in [1.82, 2.24) is 10.2 Å². The number of aromatic hydroxyl groups is 2. The van der Waals surface area contributed by atoms with Crippen LogP contribution in [0.5, 0.6) is 17.2 Å². The molecule has 0 radical (unpaired) electrons. The zero-order valence-corrected chi connectivity index (χ0v) is 17.8. The number of hydrogen-bond donors (Lipinski definition) is 3. The lowest BCUT2D eigenvalue weighted by Crippen LogP contribution is -2.49. The number of rotatable bonds is 5.